The molecule has 1 aliphatic carbocycles. The highest BCUT2D eigenvalue weighted by molar-refractivity contribution is 6.02. The van der Waals surface area contributed by atoms with Crippen molar-refractivity contribution in [1.29, 1.82) is 0 Å². The Hall–Kier alpha value is -1.10. The number of carboxylic acid groups (broad SMARTS) is 1. The molecule has 15 heavy (non-hydrogen) atoms. The third kappa shape index (κ3) is 1.51. The Morgan fingerprint density at radius 2 is 2.07 bits per heavy atom. The molecule has 84 valence electrons. The molecule has 5 nitrogen and oxygen atoms in total. The van der Waals surface area contributed by atoms with Crippen LogP contribution in [0.5, 0.6) is 0 Å². The number of carboxylic acids is 1. The van der Waals surface area contributed by atoms with Gasteiger partial charge in [0.2, 0.25) is 5.91 Å². The van der Waals surface area contributed by atoms with Gasteiger partial charge in [0.05, 0.1) is 0 Å². The molecule has 0 spiro atoms. The van der Waals surface area contributed by atoms with Gasteiger partial charge in [-0.1, -0.05) is 6.42 Å². The van der Waals surface area contributed by atoms with Crippen molar-refractivity contribution in [3.05, 3.63) is 0 Å². The SMILES string of the molecule is NC1CCN(C(=O)C2(C(=O)O)CCC2)C1. The maximum absolute atomic E-state index is 12.0. The number of amides is 1. The normalized spacial score (nSPS) is 28.6. The second kappa shape index (κ2) is 3.48. The smallest absolute Gasteiger partial charge is 0.319 e. The number of carbonyl (C=O) groups excluding carboxylic acids is 1. The topological polar surface area (TPSA) is 83.6 Å². The maximum Gasteiger partial charge on any atom is 0.319 e. The van der Waals surface area contributed by atoms with Crippen LogP contribution in [-0.2, 0) is 9.59 Å². The van der Waals surface area contributed by atoms with E-state index in [4.69, 9.17) is 10.8 Å². The monoisotopic (exact) mass is 212 g/mol. The molecule has 2 rings (SSSR count). The lowest BCUT2D eigenvalue weighted by Gasteiger charge is -2.38. The Labute approximate surface area is 88.2 Å². The minimum absolute atomic E-state index is 0.0138. The number of hydrogen-bond donors (Lipinski definition) is 2. The van der Waals surface area contributed by atoms with Crippen LogP contribution in [0.1, 0.15) is 25.7 Å². The van der Waals surface area contributed by atoms with E-state index in [1.54, 1.807) is 4.90 Å². The summed E-state index contributed by atoms with van der Waals surface area (Å²) in [7, 11) is 0. The van der Waals surface area contributed by atoms with Crippen LogP contribution in [0.4, 0.5) is 0 Å². The van der Waals surface area contributed by atoms with Gasteiger partial charge in [-0.15, -0.1) is 0 Å². The molecule has 1 saturated heterocycles. The second-order valence-electron chi connectivity index (χ2n) is 4.54. The van der Waals surface area contributed by atoms with Gasteiger partial charge in [-0.25, -0.2) is 0 Å². The third-order valence-electron chi connectivity index (χ3n) is 3.54. The summed E-state index contributed by atoms with van der Waals surface area (Å²) in [5.41, 5.74) is 4.58. The first-order valence-electron chi connectivity index (χ1n) is 5.34. The first kappa shape index (κ1) is 10.4. The van der Waals surface area contributed by atoms with Crippen LogP contribution in [-0.4, -0.2) is 41.0 Å². The predicted octanol–water partition coefficient (Wildman–Crippen LogP) is -0.199. The Kier molecular flexibility index (Phi) is 2.42. The van der Waals surface area contributed by atoms with Crippen LogP contribution >= 0.6 is 0 Å². The average Bonchev–Trinajstić information content (AvgIpc) is 2.48. The summed E-state index contributed by atoms with van der Waals surface area (Å²) < 4.78 is 0. The molecule has 1 unspecified atom stereocenters. The number of aliphatic carboxylic acids is 1. The second-order valence-corrected chi connectivity index (χ2v) is 4.54. The summed E-state index contributed by atoms with van der Waals surface area (Å²) in [6, 6.07) is 0.0138. The summed E-state index contributed by atoms with van der Waals surface area (Å²) in [4.78, 5) is 24.7. The van der Waals surface area contributed by atoms with E-state index < -0.39 is 11.4 Å². The highest BCUT2D eigenvalue weighted by Gasteiger charge is 2.53. The van der Waals surface area contributed by atoms with Gasteiger partial charge in [0.25, 0.3) is 0 Å². The van der Waals surface area contributed by atoms with Crippen LogP contribution in [0.2, 0.25) is 0 Å². The zero-order valence-electron chi connectivity index (χ0n) is 8.61. The molecule has 2 aliphatic rings. The van der Waals surface area contributed by atoms with Crippen molar-refractivity contribution in [2.24, 2.45) is 11.1 Å². The largest absolute Gasteiger partial charge is 0.480 e. The van der Waals surface area contributed by atoms with Crippen molar-refractivity contribution in [3.8, 4) is 0 Å². The van der Waals surface area contributed by atoms with Crippen LogP contribution in [0.25, 0.3) is 0 Å². The van der Waals surface area contributed by atoms with Gasteiger partial charge >= 0.3 is 5.97 Å². The summed E-state index contributed by atoms with van der Waals surface area (Å²) in [5, 5.41) is 9.10. The minimum Gasteiger partial charge on any atom is -0.480 e. The van der Waals surface area contributed by atoms with Crippen molar-refractivity contribution >= 4 is 11.9 Å². The number of carbonyl (C=O) groups is 2. The third-order valence-corrected chi connectivity index (χ3v) is 3.54. The Morgan fingerprint density at radius 3 is 2.40 bits per heavy atom. The Balaban J connectivity index is 2.09. The zero-order chi connectivity index (χ0) is 11.1. The van der Waals surface area contributed by atoms with Gasteiger partial charge in [0, 0.05) is 19.1 Å². The molecule has 5 heteroatoms. The van der Waals surface area contributed by atoms with E-state index in [1.807, 2.05) is 0 Å². The molecular formula is C10H16N2O3. The molecule has 1 saturated carbocycles. The van der Waals surface area contributed by atoms with E-state index >= 15 is 0 Å². The lowest BCUT2D eigenvalue weighted by molar-refractivity contribution is -0.166. The Bertz CT molecular complexity index is 299. The number of rotatable bonds is 2. The number of hydrogen-bond acceptors (Lipinski definition) is 3. The molecule has 3 N–H and O–H groups in total. The van der Waals surface area contributed by atoms with Crippen molar-refractivity contribution in [3.63, 3.8) is 0 Å². The van der Waals surface area contributed by atoms with Crippen molar-refractivity contribution in [1.82, 2.24) is 4.90 Å². The van der Waals surface area contributed by atoms with Crippen LogP contribution < -0.4 is 5.73 Å². The molecular weight excluding hydrogens is 196 g/mol. The molecule has 1 amide bonds. The fourth-order valence-electron chi connectivity index (χ4n) is 2.32. The van der Waals surface area contributed by atoms with Gasteiger partial charge in [-0.2, -0.15) is 0 Å². The number of likely N-dealkylation sites (tertiary alicyclic amines) is 1. The highest BCUT2D eigenvalue weighted by atomic mass is 16.4. The quantitative estimate of drug-likeness (QED) is 0.621. The summed E-state index contributed by atoms with van der Waals surface area (Å²) in [5.74, 6) is -1.20. The van der Waals surface area contributed by atoms with Gasteiger partial charge in [-0.05, 0) is 19.3 Å². The summed E-state index contributed by atoms with van der Waals surface area (Å²) in [6.45, 7) is 1.11. The van der Waals surface area contributed by atoms with E-state index in [2.05, 4.69) is 0 Å². The number of nitrogens with zero attached hydrogens (tertiary/aromatic N) is 1. The van der Waals surface area contributed by atoms with E-state index in [9.17, 15) is 9.59 Å². The standard InChI is InChI=1S/C10H16N2O3/c11-7-2-5-12(6-7)8(13)10(9(14)15)3-1-4-10/h7H,1-6,11H2,(H,14,15). The van der Waals surface area contributed by atoms with Crippen LogP contribution in [0, 0.1) is 5.41 Å². The fourth-order valence-corrected chi connectivity index (χ4v) is 2.32. The Morgan fingerprint density at radius 1 is 1.40 bits per heavy atom. The molecule has 0 radical (unpaired) electrons. The van der Waals surface area contributed by atoms with Crippen molar-refractivity contribution < 1.29 is 14.7 Å². The average molecular weight is 212 g/mol. The maximum atomic E-state index is 12.0. The first-order chi connectivity index (χ1) is 7.06. The van der Waals surface area contributed by atoms with E-state index in [0.717, 1.165) is 12.8 Å². The molecule has 0 aromatic rings. The number of nitrogens with two attached hydrogens (primary N) is 1. The molecule has 0 bridgehead atoms. The van der Waals surface area contributed by atoms with Crippen molar-refractivity contribution in [2.75, 3.05) is 13.1 Å². The van der Waals surface area contributed by atoms with E-state index in [1.165, 1.54) is 0 Å². The van der Waals surface area contributed by atoms with Gasteiger partial charge in [-0.3, -0.25) is 9.59 Å². The van der Waals surface area contributed by atoms with Crippen LogP contribution in [0.15, 0.2) is 0 Å². The summed E-state index contributed by atoms with van der Waals surface area (Å²) >= 11 is 0. The molecule has 1 heterocycles. The molecule has 1 aliphatic heterocycles. The van der Waals surface area contributed by atoms with Gasteiger partial charge < -0.3 is 15.7 Å². The molecule has 1 atom stereocenters. The molecule has 0 aromatic heterocycles. The van der Waals surface area contributed by atoms with E-state index in [-0.39, 0.29) is 11.9 Å². The first-order valence-corrected chi connectivity index (χ1v) is 5.34. The molecule has 0 aromatic carbocycles. The zero-order valence-corrected chi connectivity index (χ0v) is 8.61. The van der Waals surface area contributed by atoms with Crippen molar-refractivity contribution in [2.45, 2.75) is 31.7 Å². The van der Waals surface area contributed by atoms with Crippen LogP contribution in [0.3, 0.4) is 0 Å². The highest BCUT2D eigenvalue weighted by Crippen LogP contribution is 2.43. The fraction of sp³-hybridized carbons (Fsp3) is 0.800. The lowest BCUT2D eigenvalue weighted by Crippen LogP contribution is -2.52. The molecule has 2 fully saturated rings. The van der Waals surface area contributed by atoms with Gasteiger partial charge in [0.15, 0.2) is 0 Å². The minimum atomic E-state index is -1.12. The predicted molar refractivity (Wildman–Crippen MR) is 53.1 cm³/mol. The van der Waals surface area contributed by atoms with Gasteiger partial charge in [0.1, 0.15) is 5.41 Å². The lowest BCUT2D eigenvalue weighted by atomic mass is 9.68. The van der Waals surface area contributed by atoms with E-state index in [0.29, 0.717) is 25.9 Å². The summed E-state index contributed by atoms with van der Waals surface area (Å²) in [6.07, 6.45) is 2.57.